The van der Waals surface area contributed by atoms with E-state index in [0.717, 1.165) is 36.6 Å². The summed E-state index contributed by atoms with van der Waals surface area (Å²) in [4.78, 5) is 13.1. The first-order valence-corrected chi connectivity index (χ1v) is 9.43. The molecular formula is C19H31NO. The fourth-order valence-electron chi connectivity index (χ4n) is 6.51. The summed E-state index contributed by atoms with van der Waals surface area (Å²) < 4.78 is 0. The van der Waals surface area contributed by atoms with Gasteiger partial charge in [-0.1, -0.05) is 13.3 Å². The summed E-state index contributed by atoms with van der Waals surface area (Å²) in [5.41, 5.74) is 0.121. The van der Waals surface area contributed by atoms with Crippen LogP contribution in [0.25, 0.3) is 0 Å². The number of carbonyl (C=O) groups excluding carboxylic acids is 1. The Labute approximate surface area is 129 Å². The van der Waals surface area contributed by atoms with Crippen molar-refractivity contribution in [2.75, 3.05) is 6.54 Å². The summed E-state index contributed by atoms with van der Waals surface area (Å²) in [6, 6.07) is 0.476. The van der Waals surface area contributed by atoms with Crippen molar-refractivity contribution in [3.8, 4) is 0 Å². The lowest BCUT2D eigenvalue weighted by molar-refractivity contribution is -0.144. The van der Waals surface area contributed by atoms with E-state index in [1.165, 1.54) is 57.8 Å². The SMILES string of the molecule is CCC1CCNC(CC(=O)C23CC4CC(CC(C4)C2)C3)C1. The molecule has 1 heterocycles. The van der Waals surface area contributed by atoms with E-state index < -0.39 is 0 Å². The first-order chi connectivity index (χ1) is 10.2. The monoisotopic (exact) mass is 289 g/mol. The van der Waals surface area contributed by atoms with Crippen molar-refractivity contribution in [3.05, 3.63) is 0 Å². The predicted octanol–water partition coefficient (Wildman–Crippen LogP) is 3.94. The van der Waals surface area contributed by atoms with E-state index in [0.29, 0.717) is 11.8 Å². The lowest BCUT2D eigenvalue weighted by atomic mass is 9.48. The molecule has 0 aromatic carbocycles. The maximum atomic E-state index is 13.1. The average molecular weight is 289 g/mol. The topological polar surface area (TPSA) is 29.1 Å². The minimum absolute atomic E-state index is 0.121. The van der Waals surface area contributed by atoms with Crippen LogP contribution in [-0.2, 0) is 4.79 Å². The molecule has 2 atom stereocenters. The van der Waals surface area contributed by atoms with Gasteiger partial charge in [-0.2, -0.15) is 0 Å². The summed E-state index contributed by atoms with van der Waals surface area (Å²) in [5, 5.41) is 3.63. The van der Waals surface area contributed by atoms with E-state index in [1.54, 1.807) is 0 Å². The molecule has 0 spiro atoms. The van der Waals surface area contributed by atoms with Crippen LogP contribution < -0.4 is 5.32 Å². The van der Waals surface area contributed by atoms with Crippen LogP contribution in [0.3, 0.4) is 0 Å². The van der Waals surface area contributed by atoms with Crippen LogP contribution in [0, 0.1) is 29.1 Å². The van der Waals surface area contributed by atoms with Crippen LogP contribution in [0.5, 0.6) is 0 Å². The number of Topliss-reactive ketones (excluding diaryl/α,β-unsaturated/α-hetero) is 1. The van der Waals surface area contributed by atoms with Crippen molar-refractivity contribution in [1.29, 1.82) is 0 Å². The van der Waals surface area contributed by atoms with E-state index in [4.69, 9.17) is 0 Å². The quantitative estimate of drug-likeness (QED) is 0.849. The minimum Gasteiger partial charge on any atom is -0.314 e. The standard InChI is InChI=1S/C19H31NO/c1-2-13-3-4-20-17(8-13)9-18(21)19-10-14-5-15(11-19)7-16(6-14)12-19/h13-17,20H,2-12H2,1H3. The Bertz CT molecular complexity index is 381. The molecule has 21 heavy (non-hydrogen) atoms. The number of nitrogens with one attached hydrogen (secondary N) is 1. The molecule has 2 heteroatoms. The second kappa shape index (κ2) is 5.37. The zero-order valence-electron chi connectivity index (χ0n) is 13.6. The van der Waals surface area contributed by atoms with Crippen molar-refractivity contribution in [1.82, 2.24) is 5.32 Å². The number of ketones is 1. The highest BCUT2D eigenvalue weighted by Crippen LogP contribution is 2.60. The fourth-order valence-corrected chi connectivity index (χ4v) is 6.51. The predicted molar refractivity (Wildman–Crippen MR) is 85.0 cm³/mol. The van der Waals surface area contributed by atoms with Crippen molar-refractivity contribution >= 4 is 5.78 Å². The van der Waals surface area contributed by atoms with Gasteiger partial charge in [0.15, 0.2) is 0 Å². The molecule has 4 bridgehead atoms. The van der Waals surface area contributed by atoms with Crippen LogP contribution in [0.15, 0.2) is 0 Å². The maximum Gasteiger partial charge on any atom is 0.140 e. The summed E-state index contributed by atoms with van der Waals surface area (Å²) in [5.74, 6) is 4.16. The number of hydrogen-bond acceptors (Lipinski definition) is 2. The number of rotatable bonds is 4. The van der Waals surface area contributed by atoms with Gasteiger partial charge in [0.05, 0.1) is 0 Å². The van der Waals surface area contributed by atoms with Gasteiger partial charge >= 0.3 is 0 Å². The molecule has 4 aliphatic carbocycles. The Morgan fingerprint density at radius 2 is 1.67 bits per heavy atom. The summed E-state index contributed by atoms with van der Waals surface area (Å²) >= 11 is 0. The van der Waals surface area contributed by atoms with E-state index in [-0.39, 0.29) is 5.41 Å². The molecule has 0 aromatic rings. The van der Waals surface area contributed by atoms with Gasteiger partial charge in [-0.3, -0.25) is 4.79 Å². The van der Waals surface area contributed by atoms with Crippen molar-refractivity contribution in [2.45, 2.75) is 77.2 Å². The molecule has 1 aliphatic heterocycles. The molecule has 5 fully saturated rings. The number of piperidine rings is 1. The lowest BCUT2D eigenvalue weighted by Gasteiger charge is -2.56. The molecule has 5 aliphatic rings. The molecule has 0 amide bonds. The van der Waals surface area contributed by atoms with E-state index >= 15 is 0 Å². The Hall–Kier alpha value is -0.370. The molecule has 1 N–H and O–H groups in total. The normalized spacial score (nSPS) is 48.5. The molecule has 118 valence electrons. The molecule has 0 aromatic heterocycles. The van der Waals surface area contributed by atoms with Gasteiger partial charge in [0.25, 0.3) is 0 Å². The molecule has 5 rings (SSSR count). The van der Waals surface area contributed by atoms with Crippen LogP contribution in [0.1, 0.15) is 71.1 Å². The summed E-state index contributed by atoms with van der Waals surface area (Å²) in [7, 11) is 0. The van der Waals surface area contributed by atoms with Crippen molar-refractivity contribution in [2.24, 2.45) is 29.1 Å². The molecular weight excluding hydrogens is 258 g/mol. The van der Waals surface area contributed by atoms with Crippen LogP contribution in [0.2, 0.25) is 0 Å². The first kappa shape index (κ1) is 14.2. The zero-order chi connectivity index (χ0) is 14.4. The third-order valence-corrected chi connectivity index (χ3v) is 7.24. The van der Waals surface area contributed by atoms with Gasteiger partial charge in [0, 0.05) is 17.9 Å². The second-order valence-electron chi connectivity index (χ2n) is 8.77. The summed E-state index contributed by atoms with van der Waals surface area (Å²) in [6.07, 6.45) is 12.7. The highest BCUT2D eigenvalue weighted by molar-refractivity contribution is 5.85. The van der Waals surface area contributed by atoms with Gasteiger partial charge in [-0.05, 0) is 81.6 Å². The lowest BCUT2D eigenvalue weighted by Crippen LogP contribution is -2.51. The Kier molecular flexibility index (Phi) is 3.64. The zero-order valence-corrected chi connectivity index (χ0v) is 13.6. The maximum absolute atomic E-state index is 13.1. The Balaban J connectivity index is 1.43. The van der Waals surface area contributed by atoms with Crippen LogP contribution in [0.4, 0.5) is 0 Å². The first-order valence-electron chi connectivity index (χ1n) is 9.43. The van der Waals surface area contributed by atoms with E-state index in [2.05, 4.69) is 12.2 Å². The van der Waals surface area contributed by atoms with Crippen LogP contribution >= 0.6 is 0 Å². The van der Waals surface area contributed by atoms with Crippen molar-refractivity contribution in [3.63, 3.8) is 0 Å². The van der Waals surface area contributed by atoms with E-state index in [9.17, 15) is 4.79 Å². The Morgan fingerprint density at radius 1 is 1.05 bits per heavy atom. The fraction of sp³-hybridized carbons (Fsp3) is 0.947. The largest absolute Gasteiger partial charge is 0.314 e. The molecule has 0 radical (unpaired) electrons. The van der Waals surface area contributed by atoms with Crippen LogP contribution in [-0.4, -0.2) is 18.4 Å². The van der Waals surface area contributed by atoms with Crippen molar-refractivity contribution < 1.29 is 4.79 Å². The second-order valence-corrected chi connectivity index (χ2v) is 8.77. The minimum atomic E-state index is 0.121. The van der Waals surface area contributed by atoms with Gasteiger partial charge in [-0.15, -0.1) is 0 Å². The average Bonchev–Trinajstić information content (AvgIpc) is 2.46. The van der Waals surface area contributed by atoms with Gasteiger partial charge in [-0.25, -0.2) is 0 Å². The highest BCUT2D eigenvalue weighted by atomic mass is 16.1. The molecule has 2 nitrogen and oxygen atoms in total. The van der Waals surface area contributed by atoms with Gasteiger partial charge in [0.1, 0.15) is 5.78 Å². The van der Waals surface area contributed by atoms with Gasteiger partial charge in [0.2, 0.25) is 0 Å². The molecule has 4 saturated carbocycles. The number of hydrogen-bond donors (Lipinski definition) is 1. The van der Waals surface area contributed by atoms with Gasteiger partial charge < -0.3 is 5.32 Å². The third kappa shape index (κ3) is 2.58. The Morgan fingerprint density at radius 3 is 2.24 bits per heavy atom. The third-order valence-electron chi connectivity index (χ3n) is 7.24. The highest BCUT2D eigenvalue weighted by Gasteiger charge is 2.54. The molecule has 1 saturated heterocycles. The van der Waals surface area contributed by atoms with E-state index in [1.807, 2.05) is 0 Å². The molecule has 2 unspecified atom stereocenters. The smallest absolute Gasteiger partial charge is 0.140 e. The number of carbonyl (C=O) groups is 1. The summed E-state index contributed by atoms with van der Waals surface area (Å²) in [6.45, 7) is 3.42.